The van der Waals surface area contributed by atoms with Crippen molar-refractivity contribution in [2.45, 2.75) is 70.6 Å². The van der Waals surface area contributed by atoms with E-state index < -0.39 is 18.9 Å². The maximum Gasteiger partial charge on any atom is 0.427 e. The zero-order valence-electron chi connectivity index (χ0n) is 15.9. The van der Waals surface area contributed by atoms with E-state index in [-0.39, 0.29) is 5.75 Å². The monoisotopic (exact) mass is 375 g/mol. The number of nitrogens with one attached hydrogen (secondary N) is 1. The van der Waals surface area contributed by atoms with Crippen LogP contribution in [0.2, 0.25) is 0 Å². The average Bonchev–Trinajstić information content (AvgIpc) is 2.60. The number of ether oxygens (including phenoxy) is 2. The fourth-order valence-corrected chi connectivity index (χ4v) is 2.65. The number of unbranched alkanes of at least 4 members (excludes halogenated alkanes) is 7. The second-order valence-electron chi connectivity index (χ2n) is 6.53. The van der Waals surface area contributed by atoms with Crippen LogP contribution in [0.15, 0.2) is 24.3 Å². The van der Waals surface area contributed by atoms with Gasteiger partial charge in [-0.05, 0) is 30.7 Å². The van der Waals surface area contributed by atoms with Crippen molar-refractivity contribution in [2.24, 2.45) is 0 Å². The predicted octanol–water partition coefficient (Wildman–Crippen LogP) is 6.20. The van der Waals surface area contributed by atoms with Crippen molar-refractivity contribution >= 4 is 5.69 Å². The largest absolute Gasteiger partial charge is 0.478 e. The molecule has 0 heterocycles. The molecule has 1 aromatic rings. The Balaban J connectivity index is 2.24. The van der Waals surface area contributed by atoms with Gasteiger partial charge in [0.05, 0.1) is 6.61 Å². The second-order valence-corrected chi connectivity index (χ2v) is 6.53. The van der Waals surface area contributed by atoms with E-state index in [9.17, 15) is 13.2 Å². The smallest absolute Gasteiger partial charge is 0.427 e. The van der Waals surface area contributed by atoms with Crippen LogP contribution in [0.1, 0.15) is 58.3 Å². The molecule has 1 N–H and O–H groups in total. The summed E-state index contributed by atoms with van der Waals surface area (Å²) in [5, 5.41) is 3.29. The minimum atomic E-state index is -4.45. The zero-order chi connectivity index (χ0) is 19.3. The first-order valence-electron chi connectivity index (χ1n) is 9.53. The molecule has 0 amide bonds. The Kier molecular flexibility index (Phi) is 11.2. The molecule has 3 nitrogen and oxygen atoms in total. The number of rotatable bonds is 14. The highest BCUT2D eigenvalue weighted by Crippen LogP contribution is 2.26. The summed E-state index contributed by atoms with van der Waals surface area (Å²) in [5.41, 5.74) is 0.885. The van der Waals surface area contributed by atoms with E-state index in [0.717, 1.165) is 18.7 Å². The lowest BCUT2D eigenvalue weighted by molar-refractivity contribution is -0.206. The van der Waals surface area contributed by atoms with Crippen LogP contribution in [-0.4, -0.2) is 32.5 Å². The molecule has 0 saturated heterocycles. The van der Waals surface area contributed by atoms with Gasteiger partial charge in [-0.25, -0.2) is 0 Å². The molecule has 1 rings (SSSR count). The molecule has 0 aliphatic rings. The highest BCUT2D eigenvalue weighted by atomic mass is 19.4. The maximum atomic E-state index is 12.8. The van der Waals surface area contributed by atoms with Gasteiger partial charge in [-0.15, -0.1) is 0 Å². The van der Waals surface area contributed by atoms with Crippen molar-refractivity contribution in [3.05, 3.63) is 24.3 Å². The van der Waals surface area contributed by atoms with Crippen LogP contribution in [0.5, 0.6) is 5.75 Å². The Morgan fingerprint density at radius 1 is 0.923 bits per heavy atom. The predicted molar refractivity (Wildman–Crippen MR) is 99.9 cm³/mol. The third kappa shape index (κ3) is 9.90. The van der Waals surface area contributed by atoms with Crippen LogP contribution < -0.4 is 10.1 Å². The van der Waals surface area contributed by atoms with Crippen molar-refractivity contribution in [3.8, 4) is 5.75 Å². The molecule has 0 saturated carbocycles. The van der Waals surface area contributed by atoms with Gasteiger partial charge < -0.3 is 14.8 Å². The molecule has 150 valence electrons. The molecule has 26 heavy (non-hydrogen) atoms. The van der Waals surface area contributed by atoms with E-state index in [0.29, 0.717) is 0 Å². The van der Waals surface area contributed by atoms with Gasteiger partial charge in [-0.3, -0.25) is 0 Å². The second kappa shape index (κ2) is 12.8. The SMILES string of the molecule is CCCCCCCCCCNc1ccc(OC(COC)C(F)(F)F)cc1. The Bertz CT molecular complexity index is 463. The van der Waals surface area contributed by atoms with Gasteiger partial charge in [0, 0.05) is 19.3 Å². The van der Waals surface area contributed by atoms with Crippen LogP contribution in [0.3, 0.4) is 0 Å². The summed E-state index contributed by atoms with van der Waals surface area (Å²) < 4.78 is 48.0. The normalized spacial score (nSPS) is 12.8. The van der Waals surface area contributed by atoms with Crippen LogP contribution in [0.25, 0.3) is 0 Å². The number of halogens is 3. The Morgan fingerprint density at radius 2 is 1.50 bits per heavy atom. The van der Waals surface area contributed by atoms with Crippen LogP contribution in [0, 0.1) is 0 Å². The molecular weight excluding hydrogens is 343 g/mol. The summed E-state index contributed by atoms with van der Waals surface area (Å²) in [6.07, 6.45) is 3.71. The fraction of sp³-hybridized carbons (Fsp3) is 0.700. The first-order chi connectivity index (χ1) is 12.5. The minimum absolute atomic E-state index is 0.182. The van der Waals surface area contributed by atoms with E-state index in [2.05, 4.69) is 17.0 Å². The Hall–Kier alpha value is -1.43. The molecule has 0 aromatic heterocycles. The van der Waals surface area contributed by atoms with E-state index >= 15 is 0 Å². The molecule has 1 unspecified atom stereocenters. The zero-order valence-corrected chi connectivity index (χ0v) is 15.9. The van der Waals surface area contributed by atoms with Gasteiger partial charge in [-0.2, -0.15) is 13.2 Å². The first-order valence-corrected chi connectivity index (χ1v) is 9.53. The first kappa shape index (κ1) is 22.6. The molecule has 0 spiro atoms. The van der Waals surface area contributed by atoms with Crippen LogP contribution in [0.4, 0.5) is 18.9 Å². The van der Waals surface area contributed by atoms with Crippen LogP contribution >= 0.6 is 0 Å². The standard InChI is InChI=1S/C20H32F3NO2/c1-3-4-5-6-7-8-9-10-15-24-17-11-13-18(14-12-17)26-19(16-25-2)20(21,22)23/h11-14,19,24H,3-10,15-16H2,1-2H3. The Morgan fingerprint density at radius 3 is 2.04 bits per heavy atom. The number of anilines is 1. The lowest BCUT2D eigenvalue weighted by Gasteiger charge is -2.21. The molecule has 0 radical (unpaired) electrons. The van der Waals surface area contributed by atoms with Crippen molar-refractivity contribution in [2.75, 3.05) is 25.6 Å². The highest BCUT2D eigenvalue weighted by molar-refractivity contribution is 5.46. The topological polar surface area (TPSA) is 30.5 Å². The van der Waals surface area contributed by atoms with E-state index in [1.54, 1.807) is 24.3 Å². The summed E-state index contributed by atoms with van der Waals surface area (Å²) in [6, 6.07) is 6.57. The average molecular weight is 375 g/mol. The number of alkyl halides is 3. The lowest BCUT2D eigenvalue weighted by Crippen LogP contribution is -2.38. The number of benzene rings is 1. The van der Waals surface area contributed by atoms with Crippen molar-refractivity contribution in [3.63, 3.8) is 0 Å². The highest BCUT2D eigenvalue weighted by Gasteiger charge is 2.41. The maximum absolute atomic E-state index is 12.8. The van der Waals surface area contributed by atoms with Crippen LogP contribution in [-0.2, 0) is 4.74 Å². The van der Waals surface area contributed by atoms with Gasteiger partial charge in [-0.1, -0.05) is 51.9 Å². The number of hydrogen-bond donors (Lipinski definition) is 1. The molecule has 0 aliphatic carbocycles. The fourth-order valence-electron chi connectivity index (χ4n) is 2.65. The Labute approximate surface area is 155 Å². The summed E-state index contributed by atoms with van der Waals surface area (Å²) in [4.78, 5) is 0. The van der Waals surface area contributed by atoms with Crippen molar-refractivity contribution in [1.29, 1.82) is 0 Å². The summed E-state index contributed by atoms with van der Waals surface area (Å²) in [7, 11) is 1.22. The number of hydrogen-bond acceptors (Lipinski definition) is 3. The molecule has 1 atom stereocenters. The molecule has 0 fully saturated rings. The molecule has 0 aliphatic heterocycles. The third-order valence-corrected chi connectivity index (χ3v) is 4.18. The molecular formula is C20H32F3NO2. The summed E-state index contributed by atoms with van der Waals surface area (Å²) >= 11 is 0. The third-order valence-electron chi connectivity index (χ3n) is 4.18. The van der Waals surface area contributed by atoms with Gasteiger partial charge in [0.1, 0.15) is 5.75 Å². The van der Waals surface area contributed by atoms with Gasteiger partial charge in [0.2, 0.25) is 6.10 Å². The van der Waals surface area contributed by atoms with E-state index in [4.69, 9.17) is 4.74 Å². The summed E-state index contributed by atoms with van der Waals surface area (Å²) in [5.74, 6) is 0.182. The molecule has 1 aromatic carbocycles. The lowest BCUT2D eigenvalue weighted by atomic mass is 10.1. The van der Waals surface area contributed by atoms with E-state index in [1.807, 2.05) is 0 Å². The number of methoxy groups -OCH3 is 1. The van der Waals surface area contributed by atoms with Gasteiger partial charge >= 0.3 is 6.18 Å². The minimum Gasteiger partial charge on any atom is -0.478 e. The molecule has 0 bridgehead atoms. The van der Waals surface area contributed by atoms with Crippen molar-refractivity contribution < 1.29 is 22.6 Å². The van der Waals surface area contributed by atoms with Crippen molar-refractivity contribution in [1.82, 2.24) is 0 Å². The molecule has 6 heteroatoms. The quantitative estimate of drug-likeness (QED) is 0.393. The van der Waals surface area contributed by atoms with E-state index in [1.165, 1.54) is 52.1 Å². The summed E-state index contributed by atoms with van der Waals surface area (Å²) in [6.45, 7) is 2.56. The van der Waals surface area contributed by atoms with Gasteiger partial charge in [0.25, 0.3) is 0 Å². The van der Waals surface area contributed by atoms with Gasteiger partial charge in [0.15, 0.2) is 0 Å².